The van der Waals surface area contributed by atoms with E-state index in [1.165, 1.54) is 77.0 Å². The highest BCUT2D eigenvalue weighted by atomic mass is 35.5. The molecule has 0 bridgehead atoms. The summed E-state index contributed by atoms with van der Waals surface area (Å²) < 4.78 is 9.37. The van der Waals surface area contributed by atoms with Crippen LogP contribution < -0.4 is 0 Å². The second-order valence-corrected chi connectivity index (χ2v) is 7.45. The average Bonchev–Trinajstić information content (AvgIpc) is 2.59. The minimum Gasteiger partial charge on any atom is -0.454 e. The van der Waals surface area contributed by atoms with Gasteiger partial charge < -0.3 is 9.47 Å². The summed E-state index contributed by atoms with van der Waals surface area (Å²) in [5, 5.41) is 0. The molecule has 0 aliphatic heterocycles. The number of hydrogen-bond donors (Lipinski definition) is 0. The van der Waals surface area contributed by atoms with E-state index in [-0.39, 0.29) is 0 Å². The minimum absolute atomic E-state index is 0.450. The van der Waals surface area contributed by atoms with E-state index in [4.69, 9.17) is 23.2 Å². The van der Waals surface area contributed by atoms with E-state index in [9.17, 15) is 9.59 Å². The molecule has 26 heavy (non-hydrogen) atoms. The summed E-state index contributed by atoms with van der Waals surface area (Å²) in [6.45, 7) is 0.900. The maximum Gasteiger partial charge on any atom is 0.403 e. The Labute approximate surface area is 169 Å². The Morgan fingerprint density at radius 1 is 0.423 bits per heavy atom. The number of carbonyl (C=O) groups excluding carboxylic acids is 2. The van der Waals surface area contributed by atoms with Crippen LogP contribution in [-0.4, -0.2) is 24.1 Å². The fourth-order valence-corrected chi connectivity index (χ4v) is 3.14. The van der Waals surface area contributed by atoms with Gasteiger partial charge in [-0.1, -0.05) is 89.9 Å². The topological polar surface area (TPSA) is 52.6 Å². The van der Waals surface area contributed by atoms with Gasteiger partial charge in [-0.05, 0) is 12.8 Å². The first-order valence-corrected chi connectivity index (χ1v) is 11.0. The van der Waals surface area contributed by atoms with Crippen molar-refractivity contribution in [1.29, 1.82) is 0 Å². The molecule has 0 aliphatic rings. The average molecular weight is 411 g/mol. The van der Waals surface area contributed by atoms with Crippen molar-refractivity contribution >= 4 is 34.1 Å². The largest absolute Gasteiger partial charge is 0.454 e. The van der Waals surface area contributed by atoms with Crippen LogP contribution in [-0.2, 0) is 9.47 Å². The SMILES string of the molecule is O=C(Cl)OCCCCCCCCCCCCCCCCCCOC(=O)Cl. The third-order valence-corrected chi connectivity index (χ3v) is 4.69. The molecule has 0 amide bonds. The van der Waals surface area contributed by atoms with Gasteiger partial charge in [0.05, 0.1) is 13.2 Å². The van der Waals surface area contributed by atoms with Crippen molar-refractivity contribution in [1.82, 2.24) is 0 Å². The van der Waals surface area contributed by atoms with Gasteiger partial charge in [0.2, 0.25) is 0 Å². The summed E-state index contributed by atoms with van der Waals surface area (Å²) >= 11 is 10.2. The van der Waals surface area contributed by atoms with Crippen LogP contribution in [0.3, 0.4) is 0 Å². The normalized spacial score (nSPS) is 10.7. The summed E-state index contributed by atoms with van der Waals surface area (Å²) in [4.78, 5) is 20.7. The minimum atomic E-state index is -0.697. The highest BCUT2D eigenvalue weighted by molar-refractivity contribution is 6.61. The molecular formula is C20H36Cl2O4. The molecule has 4 nitrogen and oxygen atoms in total. The first-order chi connectivity index (χ1) is 12.6. The van der Waals surface area contributed by atoms with Crippen LogP contribution in [0.5, 0.6) is 0 Å². The van der Waals surface area contributed by atoms with Crippen LogP contribution in [0.1, 0.15) is 103 Å². The van der Waals surface area contributed by atoms with Crippen molar-refractivity contribution in [2.45, 2.75) is 103 Å². The molecule has 0 unspecified atom stereocenters. The summed E-state index contributed by atoms with van der Waals surface area (Å²) in [6.07, 6.45) is 19.8. The summed E-state index contributed by atoms with van der Waals surface area (Å²) in [5.41, 5.74) is -1.39. The van der Waals surface area contributed by atoms with Gasteiger partial charge in [-0.15, -0.1) is 0 Å². The van der Waals surface area contributed by atoms with Gasteiger partial charge >= 0.3 is 10.9 Å². The molecule has 0 rings (SSSR count). The molecule has 0 saturated carbocycles. The number of carbonyl (C=O) groups is 2. The Balaban J connectivity index is 3.01. The maximum atomic E-state index is 10.4. The third kappa shape index (κ3) is 23.5. The van der Waals surface area contributed by atoms with Crippen molar-refractivity contribution < 1.29 is 19.1 Å². The van der Waals surface area contributed by atoms with E-state index in [1.54, 1.807) is 0 Å². The van der Waals surface area contributed by atoms with Gasteiger partial charge in [0, 0.05) is 23.2 Å². The van der Waals surface area contributed by atoms with Crippen LogP contribution in [0.4, 0.5) is 9.59 Å². The quantitative estimate of drug-likeness (QED) is 0.160. The lowest BCUT2D eigenvalue weighted by atomic mass is 10.0. The Bertz CT molecular complexity index is 306. The van der Waals surface area contributed by atoms with Crippen molar-refractivity contribution in [3.63, 3.8) is 0 Å². The Hall–Kier alpha value is -0.480. The van der Waals surface area contributed by atoms with Gasteiger partial charge in [0.1, 0.15) is 0 Å². The van der Waals surface area contributed by atoms with E-state index < -0.39 is 10.9 Å². The van der Waals surface area contributed by atoms with Gasteiger partial charge in [-0.3, -0.25) is 0 Å². The molecule has 0 atom stereocenters. The first kappa shape index (κ1) is 25.5. The van der Waals surface area contributed by atoms with E-state index in [1.807, 2.05) is 0 Å². The van der Waals surface area contributed by atoms with Crippen molar-refractivity contribution in [2.75, 3.05) is 13.2 Å². The Morgan fingerprint density at radius 3 is 0.808 bits per heavy atom. The standard InChI is InChI=1S/C20H36Cl2O4/c21-19(23)25-17-15-13-11-9-7-5-3-1-2-4-6-8-10-12-14-16-18-26-20(22)24/h1-18H2. The predicted octanol–water partition coefficient (Wildman–Crippen LogP) is 7.98. The number of unbranched alkanes of at least 4 members (excludes halogenated alkanes) is 15. The highest BCUT2D eigenvalue weighted by Crippen LogP contribution is 2.13. The predicted molar refractivity (Wildman–Crippen MR) is 108 cm³/mol. The van der Waals surface area contributed by atoms with Crippen LogP contribution in [0.25, 0.3) is 0 Å². The Morgan fingerprint density at radius 2 is 0.615 bits per heavy atom. The van der Waals surface area contributed by atoms with Gasteiger partial charge in [-0.2, -0.15) is 0 Å². The monoisotopic (exact) mass is 410 g/mol. The molecule has 0 aromatic heterocycles. The molecule has 0 fully saturated rings. The van der Waals surface area contributed by atoms with Crippen LogP contribution >= 0.6 is 23.2 Å². The fraction of sp³-hybridized carbons (Fsp3) is 0.900. The second kappa shape index (κ2) is 20.8. The molecular weight excluding hydrogens is 375 g/mol. The lowest BCUT2D eigenvalue weighted by Gasteiger charge is -2.04. The molecule has 0 aliphatic carbocycles. The molecule has 0 N–H and O–H groups in total. The van der Waals surface area contributed by atoms with Crippen LogP contribution in [0.15, 0.2) is 0 Å². The van der Waals surface area contributed by atoms with Gasteiger partial charge in [0.25, 0.3) is 0 Å². The first-order valence-electron chi connectivity index (χ1n) is 10.3. The highest BCUT2D eigenvalue weighted by Gasteiger charge is 1.97. The fourth-order valence-electron chi connectivity index (χ4n) is 2.98. The second-order valence-electron chi connectivity index (χ2n) is 6.83. The molecule has 0 spiro atoms. The zero-order valence-corrected chi connectivity index (χ0v) is 17.6. The lowest BCUT2D eigenvalue weighted by molar-refractivity contribution is 0.170. The smallest absolute Gasteiger partial charge is 0.403 e. The van der Waals surface area contributed by atoms with Crippen molar-refractivity contribution in [2.24, 2.45) is 0 Å². The number of rotatable bonds is 19. The van der Waals surface area contributed by atoms with Crippen LogP contribution in [0, 0.1) is 0 Å². The van der Waals surface area contributed by atoms with Crippen molar-refractivity contribution in [3.8, 4) is 0 Å². The van der Waals surface area contributed by atoms with E-state index in [0.29, 0.717) is 13.2 Å². The van der Waals surface area contributed by atoms with Gasteiger partial charge in [0.15, 0.2) is 0 Å². The zero-order valence-electron chi connectivity index (χ0n) is 16.1. The zero-order chi connectivity index (χ0) is 19.3. The molecule has 0 aromatic rings. The number of hydrogen-bond acceptors (Lipinski definition) is 4. The third-order valence-electron chi connectivity index (χ3n) is 4.47. The summed E-state index contributed by atoms with van der Waals surface area (Å²) in [5.74, 6) is 0. The maximum absolute atomic E-state index is 10.4. The van der Waals surface area contributed by atoms with Gasteiger partial charge in [-0.25, -0.2) is 9.59 Å². The van der Waals surface area contributed by atoms with E-state index in [0.717, 1.165) is 25.7 Å². The molecule has 0 radical (unpaired) electrons. The number of ether oxygens (including phenoxy) is 2. The molecule has 0 aromatic carbocycles. The summed E-state index contributed by atoms with van der Waals surface area (Å²) in [7, 11) is 0. The van der Waals surface area contributed by atoms with Crippen molar-refractivity contribution in [3.05, 3.63) is 0 Å². The number of halogens is 2. The van der Waals surface area contributed by atoms with E-state index >= 15 is 0 Å². The van der Waals surface area contributed by atoms with Crippen LogP contribution in [0.2, 0.25) is 0 Å². The summed E-state index contributed by atoms with van der Waals surface area (Å²) in [6, 6.07) is 0. The lowest BCUT2D eigenvalue weighted by Crippen LogP contribution is -1.96. The molecule has 154 valence electrons. The Kier molecular flexibility index (Phi) is 20.4. The molecule has 0 heterocycles. The molecule has 6 heteroatoms. The van der Waals surface area contributed by atoms with E-state index in [2.05, 4.69) is 9.47 Å². The molecule has 0 saturated heterocycles.